The number of halogens is 2. The fraction of sp³-hybridized carbons (Fsp3) is 0.182. The van der Waals surface area contributed by atoms with Crippen molar-refractivity contribution in [3.8, 4) is 5.69 Å². The van der Waals surface area contributed by atoms with E-state index in [9.17, 15) is 4.39 Å². The highest BCUT2D eigenvalue weighted by Crippen LogP contribution is 2.12. The number of nitrogens with zero attached hydrogens (tertiary/aromatic N) is 2. The molecule has 1 unspecified atom stereocenters. The van der Waals surface area contributed by atoms with Crippen LogP contribution in [-0.2, 0) is 0 Å². The van der Waals surface area contributed by atoms with Gasteiger partial charge < -0.3 is 5.73 Å². The molecule has 0 aliphatic rings. The zero-order valence-corrected chi connectivity index (χ0v) is 9.62. The summed E-state index contributed by atoms with van der Waals surface area (Å²) in [6.45, 7) is 1.89. The van der Waals surface area contributed by atoms with Gasteiger partial charge in [-0.25, -0.2) is 9.07 Å². The quantitative estimate of drug-likeness (QED) is 0.878. The Labute approximate surface area is 99.5 Å². The van der Waals surface area contributed by atoms with Crippen LogP contribution in [0.1, 0.15) is 18.5 Å². The predicted molar refractivity (Wildman–Crippen MR) is 63.4 cm³/mol. The third-order valence-corrected chi connectivity index (χ3v) is 2.22. The molecule has 86 valence electrons. The first-order valence-corrected chi connectivity index (χ1v) is 4.73. The lowest BCUT2D eigenvalue weighted by molar-refractivity contribution is 0.627. The van der Waals surface area contributed by atoms with Gasteiger partial charge in [-0.1, -0.05) is 0 Å². The minimum Gasteiger partial charge on any atom is -0.324 e. The maximum absolute atomic E-state index is 12.7. The van der Waals surface area contributed by atoms with Crippen LogP contribution < -0.4 is 5.73 Å². The summed E-state index contributed by atoms with van der Waals surface area (Å²) in [7, 11) is 0. The Kier molecular flexibility index (Phi) is 4.04. The van der Waals surface area contributed by atoms with Crippen LogP contribution in [0.3, 0.4) is 0 Å². The summed E-state index contributed by atoms with van der Waals surface area (Å²) in [5.41, 5.74) is 7.50. The molecule has 0 saturated heterocycles. The van der Waals surface area contributed by atoms with Gasteiger partial charge in [0.2, 0.25) is 0 Å². The van der Waals surface area contributed by atoms with Crippen molar-refractivity contribution in [1.29, 1.82) is 0 Å². The lowest BCUT2D eigenvalue weighted by Crippen LogP contribution is -2.03. The number of aromatic nitrogens is 2. The molecule has 0 bridgehead atoms. The van der Waals surface area contributed by atoms with Crippen LogP contribution in [0, 0.1) is 5.82 Å². The van der Waals surface area contributed by atoms with Crippen molar-refractivity contribution in [1.82, 2.24) is 9.78 Å². The minimum absolute atomic E-state index is 0. The van der Waals surface area contributed by atoms with Crippen molar-refractivity contribution >= 4 is 12.4 Å². The van der Waals surface area contributed by atoms with Gasteiger partial charge in [-0.2, -0.15) is 5.10 Å². The second kappa shape index (κ2) is 5.09. The molecule has 2 N–H and O–H groups in total. The van der Waals surface area contributed by atoms with Crippen LogP contribution in [0.2, 0.25) is 0 Å². The second-order valence-corrected chi connectivity index (χ2v) is 3.48. The summed E-state index contributed by atoms with van der Waals surface area (Å²) in [6, 6.07) is 6.12. The van der Waals surface area contributed by atoms with Gasteiger partial charge in [-0.15, -0.1) is 12.4 Å². The summed E-state index contributed by atoms with van der Waals surface area (Å²) in [5.74, 6) is -0.252. The van der Waals surface area contributed by atoms with Gasteiger partial charge in [0.05, 0.1) is 11.9 Å². The minimum atomic E-state index is -0.252. The lowest BCUT2D eigenvalue weighted by Gasteiger charge is -2.01. The van der Waals surface area contributed by atoms with Crippen molar-refractivity contribution in [2.45, 2.75) is 13.0 Å². The maximum Gasteiger partial charge on any atom is 0.123 e. The van der Waals surface area contributed by atoms with E-state index in [1.54, 1.807) is 23.0 Å². The van der Waals surface area contributed by atoms with Crippen LogP contribution in [0.5, 0.6) is 0 Å². The van der Waals surface area contributed by atoms with E-state index in [1.807, 2.05) is 13.1 Å². The Hall–Kier alpha value is -1.39. The number of benzene rings is 1. The Bertz CT molecular complexity index is 451. The normalized spacial score (nSPS) is 11.9. The fourth-order valence-corrected chi connectivity index (χ4v) is 1.31. The fourth-order valence-electron chi connectivity index (χ4n) is 1.31. The zero-order chi connectivity index (χ0) is 10.8. The van der Waals surface area contributed by atoms with Crippen LogP contribution in [0.4, 0.5) is 4.39 Å². The van der Waals surface area contributed by atoms with E-state index in [2.05, 4.69) is 5.10 Å². The molecule has 5 heteroatoms. The highest BCUT2D eigenvalue weighted by molar-refractivity contribution is 5.85. The van der Waals surface area contributed by atoms with E-state index in [1.165, 1.54) is 12.1 Å². The van der Waals surface area contributed by atoms with Crippen molar-refractivity contribution in [3.05, 3.63) is 48.0 Å². The smallest absolute Gasteiger partial charge is 0.123 e. The molecule has 2 rings (SSSR count). The van der Waals surface area contributed by atoms with Crippen LogP contribution >= 0.6 is 12.4 Å². The SMILES string of the molecule is CC(N)c1cnn(-c2ccc(F)cc2)c1.Cl. The van der Waals surface area contributed by atoms with Gasteiger partial charge in [-0.05, 0) is 31.2 Å². The molecule has 1 heterocycles. The van der Waals surface area contributed by atoms with Crippen molar-refractivity contribution in [2.75, 3.05) is 0 Å². The van der Waals surface area contributed by atoms with Gasteiger partial charge in [0.15, 0.2) is 0 Å². The molecule has 0 saturated carbocycles. The molecular weight excluding hydrogens is 229 g/mol. The average Bonchev–Trinajstić information content (AvgIpc) is 2.68. The van der Waals surface area contributed by atoms with E-state index in [0.717, 1.165) is 11.3 Å². The van der Waals surface area contributed by atoms with E-state index in [0.29, 0.717) is 0 Å². The predicted octanol–water partition coefficient (Wildman–Crippen LogP) is 2.45. The summed E-state index contributed by atoms with van der Waals surface area (Å²) in [6.07, 6.45) is 3.56. The third kappa shape index (κ3) is 2.59. The van der Waals surface area contributed by atoms with Crippen LogP contribution in [-0.4, -0.2) is 9.78 Å². The second-order valence-electron chi connectivity index (χ2n) is 3.48. The topological polar surface area (TPSA) is 43.8 Å². The van der Waals surface area contributed by atoms with Gasteiger partial charge >= 0.3 is 0 Å². The standard InChI is InChI=1S/C11H12FN3.ClH/c1-8(13)9-6-14-15(7-9)11-4-2-10(12)3-5-11;/h2-8H,13H2,1H3;1H. The molecule has 0 fully saturated rings. The number of rotatable bonds is 2. The molecule has 0 aliphatic carbocycles. The summed E-state index contributed by atoms with van der Waals surface area (Å²) in [5, 5.41) is 4.15. The Morgan fingerprint density at radius 1 is 1.31 bits per heavy atom. The summed E-state index contributed by atoms with van der Waals surface area (Å²) < 4.78 is 14.4. The number of nitrogens with two attached hydrogens (primary N) is 1. The van der Waals surface area contributed by atoms with Crippen LogP contribution in [0.15, 0.2) is 36.7 Å². The molecule has 0 radical (unpaired) electrons. The van der Waals surface area contributed by atoms with Crippen molar-refractivity contribution in [3.63, 3.8) is 0 Å². The molecule has 0 aliphatic heterocycles. The van der Waals surface area contributed by atoms with Crippen molar-refractivity contribution < 1.29 is 4.39 Å². The lowest BCUT2D eigenvalue weighted by atomic mass is 10.2. The molecule has 3 nitrogen and oxygen atoms in total. The molecule has 1 atom stereocenters. The monoisotopic (exact) mass is 241 g/mol. The zero-order valence-electron chi connectivity index (χ0n) is 8.80. The van der Waals surface area contributed by atoms with Crippen molar-refractivity contribution in [2.24, 2.45) is 5.73 Å². The summed E-state index contributed by atoms with van der Waals surface area (Å²) in [4.78, 5) is 0. The number of hydrogen-bond acceptors (Lipinski definition) is 2. The van der Waals surface area contributed by atoms with Gasteiger partial charge in [-0.3, -0.25) is 0 Å². The third-order valence-electron chi connectivity index (χ3n) is 2.22. The highest BCUT2D eigenvalue weighted by atomic mass is 35.5. The first-order chi connectivity index (χ1) is 7.16. The largest absolute Gasteiger partial charge is 0.324 e. The molecule has 1 aromatic carbocycles. The number of hydrogen-bond donors (Lipinski definition) is 1. The highest BCUT2D eigenvalue weighted by Gasteiger charge is 2.04. The summed E-state index contributed by atoms with van der Waals surface area (Å²) >= 11 is 0. The average molecular weight is 242 g/mol. The van der Waals surface area contributed by atoms with E-state index in [-0.39, 0.29) is 24.3 Å². The first-order valence-electron chi connectivity index (χ1n) is 4.73. The molecule has 0 spiro atoms. The Morgan fingerprint density at radius 2 is 1.94 bits per heavy atom. The van der Waals surface area contributed by atoms with Crippen LogP contribution in [0.25, 0.3) is 5.69 Å². The van der Waals surface area contributed by atoms with Gasteiger partial charge in [0.25, 0.3) is 0 Å². The maximum atomic E-state index is 12.7. The Balaban J connectivity index is 0.00000128. The van der Waals surface area contributed by atoms with Gasteiger partial charge in [0.1, 0.15) is 5.82 Å². The molecule has 0 amide bonds. The first kappa shape index (κ1) is 12.7. The van der Waals surface area contributed by atoms with E-state index in [4.69, 9.17) is 5.73 Å². The van der Waals surface area contributed by atoms with E-state index >= 15 is 0 Å². The van der Waals surface area contributed by atoms with Gasteiger partial charge in [0, 0.05) is 17.8 Å². The Morgan fingerprint density at radius 3 is 2.44 bits per heavy atom. The van der Waals surface area contributed by atoms with E-state index < -0.39 is 0 Å². The molecule has 16 heavy (non-hydrogen) atoms. The molecule has 2 aromatic rings. The molecule has 1 aromatic heterocycles. The molecular formula is C11H13ClFN3.